The van der Waals surface area contributed by atoms with Crippen LogP contribution in [0.3, 0.4) is 0 Å². The van der Waals surface area contributed by atoms with Gasteiger partial charge < -0.3 is 15.3 Å². The van der Waals surface area contributed by atoms with Crippen LogP contribution in [-0.4, -0.2) is 43.8 Å². The number of phenols is 1. The Morgan fingerprint density at radius 2 is 2.11 bits per heavy atom. The molecule has 3 heterocycles. The number of carbonyl (C=O) groups excluding carboxylic acids is 1. The van der Waals surface area contributed by atoms with E-state index in [1.54, 1.807) is 17.2 Å². The number of anilines is 1. The second-order valence-corrected chi connectivity index (χ2v) is 8.62. The summed E-state index contributed by atoms with van der Waals surface area (Å²) < 4.78 is 16.5. The number of piperidine rings is 1. The summed E-state index contributed by atoms with van der Waals surface area (Å²) in [6, 6.07) is 15.4. The van der Waals surface area contributed by atoms with Crippen molar-refractivity contribution in [3.8, 4) is 16.9 Å². The number of hydrogen-bond acceptors (Lipinski definition) is 5. The molecule has 2 aromatic heterocycles. The molecule has 178 valence electrons. The monoisotopic (exact) mass is 471 g/mol. The van der Waals surface area contributed by atoms with Crippen LogP contribution in [0.2, 0.25) is 0 Å². The van der Waals surface area contributed by atoms with Gasteiger partial charge in [0.2, 0.25) is 5.91 Å². The lowest BCUT2D eigenvalue weighted by Crippen LogP contribution is -2.40. The number of halogens is 1. The topological polar surface area (TPSA) is 83.3 Å². The molecule has 1 aliphatic heterocycles. The summed E-state index contributed by atoms with van der Waals surface area (Å²) in [5, 5.41) is 19.5. The number of carbonyl (C=O) groups is 1. The van der Waals surface area contributed by atoms with Gasteiger partial charge in [0.05, 0.1) is 29.4 Å². The van der Waals surface area contributed by atoms with E-state index < -0.39 is 5.82 Å². The Bertz CT molecular complexity index is 1370. The number of likely N-dealkylation sites (tertiary alicyclic amines) is 1. The molecular weight excluding hydrogens is 445 g/mol. The molecule has 0 aliphatic carbocycles. The minimum Gasteiger partial charge on any atom is -0.507 e. The Labute approximate surface area is 202 Å². The number of phenolic OH excluding ortho intramolecular Hbond substituents is 1. The predicted octanol–water partition coefficient (Wildman–Crippen LogP) is 4.90. The van der Waals surface area contributed by atoms with Crippen molar-refractivity contribution < 1.29 is 14.3 Å². The van der Waals surface area contributed by atoms with Crippen LogP contribution in [0.25, 0.3) is 22.0 Å². The van der Waals surface area contributed by atoms with Crippen LogP contribution >= 0.6 is 0 Å². The fourth-order valence-corrected chi connectivity index (χ4v) is 4.66. The second-order valence-electron chi connectivity index (χ2n) is 8.62. The van der Waals surface area contributed by atoms with Crippen LogP contribution in [0.1, 0.15) is 24.6 Å². The minimum atomic E-state index is -0.495. The Hall–Kier alpha value is -4.20. The van der Waals surface area contributed by atoms with Gasteiger partial charge in [0.25, 0.3) is 0 Å². The van der Waals surface area contributed by atoms with Crippen LogP contribution in [0.5, 0.6) is 5.75 Å². The summed E-state index contributed by atoms with van der Waals surface area (Å²) in [5.41, 5.74) is 2.31. The predicted molar refractivity (Wildman–Crippen MR) is 133 cm³/mol. The van der Waals surface area contributed by atoms with Crippen molar-refractivity contribution >= 4 is 22.6 Å². The molecule has 5 rings (SSSR count). The van der Waals surface area contributed by atoms with Crippen LogP contribution in [0, 0.1) is 5.82 Å². The number of benzene rings is 2. The van der Waals surface area contributed by atoms with E-state index in [2.05, 4.69) is 16.9 Å². The molecule has 2 aromatic carbocycles. The van der Waals surface area contributed by atoms with Crippen molar-refractivity contribution in [3.63, 3.8) is 0 Å². The average Bonchev–Trinajstić information content (AvgIpc) is 3.25. The first-order valence-electron chi connectivity index (χ1n) is 11.6. The number of hydrogen-bond donors (Lipinski definition) is 2. The highest BCUT2D eigenvalue weighted by Crippen LogP contribution is 2.37. The number of nitrogens with zero attached hydrogens (tertiary/aromatic N) is 4. The maximum Gasteiger partial charge on any atom is 0.246 e. The van der Waals surface area contributed by atoms with Crippen molar-refractivity contribution in [2.45, 2.75) is 25.4 Å². The summed E-state index contributed by atoms with van der Waals surface area (Å²) in [5.74, 6) is 0.0594. The van der Waals surface area contributed by atoms with Gasteiger partial charge in [0, 0.05) is 24.7 Å². The maximum atomic E-state index is 14.6. The SMILES string of the molecule is C=CC(=O)N1CCCC(n2nc3ccc(-c4c(O)cccc4F)cc3c2NCc2ccccn2)C1. The van der Waals surface area contributed by atoms with Crippen molar-refractivity contribution in [1.82, 2.24) is 19.7 Å². The van der Waals surface area contributed by atoms with Crippen molar-refractivity contribution in [2.24, 2.45) is 0 Å². The van der Waals surface area contributed by atoms with Crippen molar-refractivity contribution in [1.29, 1.82) is 0 Å². The van der Waals surface area contributed by atoms with E-state index in [1.165, 1.54) is 24.3 Å². The van der Waals surface area contributed by atoms with Crippen LogP contribution in [0.15, 0.2) is 73.4 Å². The summed E-state index contributed by atoms with van der Waals surface area (Å²) in [6.07, 6.45) is 4.81. The number of aromatic nitrogens is 3. The minimum absolute atomic E-state index is 0.0309. The molecule has 1 aliphatic rings. The summed E-state index contributed by atoms with van der Waals surface area (Å²) in [6.45, 7) is 5.30. The molecule has 1 saturated heterocycles. The Morgan fingerprint density at radius 3 is 2.89 bits per heavy atom. The van der Waals surface area contributed by atoms with Gasteiger partial charge in [-0.25, -0.2) is 9.07 Å². The number of aromatic hydroxyl groups is 1. The zero-order valence-corrected chi connectivity index (χ0v) is 19.2. The number of nitrogens with one attached hydrogen (secondary N) is 1. The van der Waals surface area contributed by atoms with E-state index in [0.29, 0.717) is 25.2 Å². The van der Waals surface area contributed by atoms with E-state index in [1.807, 2.05) is 35.0 Å². The third-order valence-electron chi connectivity index (χ3n) is 6.37. The smallest absolute Gasteiger partial charge is 0.246 e. The number of amides is 1. The second kappa shape index (κ2) is 9.58. The Kier molecular flexibility index (Phi) is 6.18. The zero-order valence-electron chi connectivity index (χ0n) is 19.2. The molecule has 1 fully saturated rings. The lowest BCUT2D eigenvalue weighted by molar-refractivity contribution is -0.127. The van der Waals surface area contributed by atoms with Crippen LogP contribution < -0.4 is 5.32 Å². The van der Waals surface area contributed by atoms with Gasteiger partial charge in [-0.3, -0.25) is 9.78 Å². The van der Waals surface area contributed by atoms with E-state index in [-0.39, 0.29) is 23.3 Å². The van der Waals surface area contributed by atoms with Gasteiger partial charge in [0.1, 0.15) is 17.4 Å². The molecule has 4 aromatic rings. The molecular formula is C27H26FN5O2. The number of pyridine rings is 1. The lowest BCUT2D eigenvalue weighted by atomic mass is 10.0. The molecule has 0 bridgehead atoms. The van der Waals surface area contributed by atoms with E-state index in [0.717, 1.165) is 35.3 Å². The Morgan fingerprint density at radius 1 is 1.23 bits per heavy atom. The Balaban J connectivity index is 1.59. The first-order chi connectivity index (χ1) is 17.0. The fourth-order valence-electron chi connectivity index (χ4n) is 4.66. The first kappa shape index (κ1) is 22.6. The van der Waals surface area contributed by atoms with Crippen molar-refractivity contribution in [2.75, 3.05) is 18.4 Å². The first-order valence-corrected chi connectivity index (χ1v) is 11.6. The van der Waals surface area contributed by atoms with E-state index in [4.69, 9.17) is 5.10 Å². The highest BCUT2D eigenvalue weighted by atomic mass is 19.1. The number of rotatable bonds is 6. The third-order valence-corrected chi connectivity index (χ3v) is 6.37. The van der Waals surface area contributed by atoms with Gasteiger partial charge in [0.15, 0.2) is 0 Å². The normalized spacial score (nSPS) is 15.8. The average molecular weight is 472 g/mol. The molecule has 2 N–H and O–H groups in total. The van der Waals surface area contributed by atoms with Crippen molar-refractivity contribution in [3.05, 3.63) is 85.0 Å². The van der Waals surface area contributed by atoms with E-state index >= 15 is 0 Å². The van der Waals surface area contributed by atoms with Gasteiger partial charge in [-0.2, -0.15) is 5.10 Å². The third kappa shape index (κ3) is 4.47. The summed E-state index contributed by atoms with van der Waals surface area (Å²) in [4.78, 5) is 18.5. The molecule has 1 atom stereocenters. The quantitative estimate of drug-likeness (QED) is 0.391. The zero-order chi connectivity index (χ0) is 24.4. The molecule has 1 unspecified atom stereocenters. The van der Waals surface area contributed by atoms with Crippen LogP contribution in [0.4, 0.5) is 10.2 Å². The molecule has 1 amide bonds. The van der Waals surface area contributed by atoms with Gasteiger partial charge in [-0.1, -0.05) is 24.8 Å². The number of fused-ring (bicyclic) bond motifs is 1. The summed E-state index contributed by atoms with van der Waals surface area (Å²) in [7, 11) is 0. The highest BCUT2D eigenvalue weighted by Gasteiger charge is 2.27. The standard InChI is InChI=1S/C27H26FN5O2/c1-2-25(35)32-14-6-8-20(17-32)33-27(30-16-19-7-3-4-13-29-19)21-15-18(11-12-23(21)31-33)26-22(28)9-5-10-24(26)34/h2-5,7,9-13,15,20,30,34H,1,6,8,14,16-17H2. The molecule has 35 heavy (non-hydrogen) atoms. The van der Waals surface area contributed by atoms with Gasteiger partial charge in [-0.05, 0) is 60.9 Å². The van der Waals surface area contributed by atoms with Gasteiger partial charge in [-0.15, -0.1) is 0 Å². The highest BCUT2D eigenvalue weighted by molar-refractivity contribution is 5.94. The molecule has 0 radical (unpaired) electrons. The molecule has 8 heteroatoms. The fraction of sp³-hybridized carbons (Fsp3) is 0.222. The maximum absolute atomic E-state index is 14.6. The lowest BCUT2D eigenvalue weighted by Gasteiger charge is -2.33. The largest absolute Gasteiger partial charge is 0.507 e. The molecule has 7 nitrogen and oxygen atoms in total. The molecule has 0 saturated carbocycles. The van der Waals surface area contributed by atoms with E-state index in [9.17, 15) is 14.3 Å². The van der Waals surface area contributed by atoms with Gasteiger partial charge >= 0.3 is 0 Å². The summed E-state index contributed by atoms with van der Waals surface area (Å²) >= 11 is 0. The van der Waals surface area contributed by atoms with Crippen LogP contribution in [-0.2, 0) is 11.3 Å². The molecule has 0 spiro atoms.